The number of aromatic nitrogens is 4. The number of aryl methyl sites for hydroxylation is 1. The summed E-state index contributed by atoms with van der Waals surface area (Å²) in [4.78, 5) is 34.3. The molecule has 0 saturated carbocycles. The van der Waals surface area contributed by atoms with Crippen LogP contribution in [0.15, 0.2) is 104 Å². The molecule has 9 heteroatoms. The standard InChI is InChI=1S/C32H27ClN6O2/c33-25-9-11-27-29(19-25)39(21-22-6-2-1-3-7-22)30(37-27)32(41)36-26-10-12-28-23(18-26)13-17-38(28)16-5-15-35-31(40)24-8-4-14-34-20-24/h1-4,6-14,17-20H,5,15-16,21H2,(H,35,40)(H,36,41). The van der Waals surface area contributed by atoms with E-state index in [4.69, 9.17) is 11.6 Å². The highest BCUT2D eigenvalue weighted by Crippen LogP contribution is 2.25. The molecule has 0 aliphatic rings. The van der Waals surface area contributed by atoms with Gasteiger partial charge in [-0.15, -0.1) is 0 Å². The number of carbonyl (C=O) groups excluding carboxylic acids is 2. The molecular formula is C32H27ClN6O2. The number of imidazole rings is 1. The van der Waals surface area contributed by atoms with Gasteiger partial charge in [-0.1, -0.05) is 41.9 Å². The molecule has 3 aromatic carbocycles. The molecule has 8 nitrogen and oxygen atoms in total. The minimum atomic E-state index is -0.295. The van der Waals surface area contributed by atoms with Crippen LogP contribution in [0.1, 0.15) is 33.0 Å². The molecule has 0 aliphatic heterocycles. The summed E-state index contributed by atoms with van der Waals surface area (Å²) in [6, 6.07) is 26.7. The summed E-state index contributed by atoms with van der Waals surface area (Å²) in [7, 11) is 0. The molecule has 0 aliphatic carbocycles. The highest BCUT2D eigenvalue weighted by atomic mass is 35.5. The van der Waals surface area contributed by atoms with Gasteiger partial charge in [0.25, 0.3) is 11.8 Å². The molecule has 0 fully saturated rings. The maximum atomic E-state index is 13.5. The molecule has 41 heavy (non-hydrogen) atoms. The van der Waals surface area contributed by atoms with Gasteiger partial charge in [0, 0.05) is 59.8 Å². The SMILES string of the molecule is O=C(NCCCn1ccc2cc(NC(=O)c3nc4ccc(Cl)cc4n3Cc3ccccc3)ccc21)c1cccnc1. The highest BCUT2D eigenvalue weighted by molar-refractivity contribution is 6.31. The van der Waals surface area contributed by atoms with Crippen molar-refractivity contribution >= 4 is 51.0 Å². The topological polar surface area (TPSA) is 93.8 Å². The molecule has 3 aromatic heterocycles. The van der Waals surface area contributed by atoms with Crippen LogP contribution < -0.4 is 10.6 Å². The number of nitrogens with zero attached hydrogens (tertiary/aromatic N) is 4. The van der Waals surface area contributed by atoms with E-state index in [0.29, 0.717) is 40.7 Å². The molecule has 0 spiro atoms. The van der Waals surface area contributed by atoms with Crippen molar-refractivity contribution in [1.82, 2.24) is 24.4 Å². The van der Waals surface area contributed by atoms with Crippen molar-refractivity contribution in [3.63, 3.8) is 0 Å². The van der Waals surface area contributed by atoms with Crippen LogP contribution in [0.4, 0.5) is 5.69 Å². The summed E-state index contributed by atoms with van der Waals surface area (Å²) < 4.78 is 4.04. The first kappa shape index (κ1) is 26.3. The number of carbonyl (C=O) groups is 2. The molecule has 0 bridgehead atoms. The molecule has 6 rings (SSSR count). The molecule has 6 aromatic rings. The van der Waals surface area contributed by atoms with Crippen molar-refractivity contribution in [2.75, 3.05) is 11.9 Å². The molecule has 2 N–H and O–H groups in total. The van der Waals surface area contributed by atoms with Crippen LogP contribution in [0, 0.1) is 0 Å². The zero-order valence-corrected chi connectivity index (χ0v) is 22.9. The van der Waals surface area contributed by atoms with Gasteiger partial charge in [0.1, 0.15) is 0 Å². The number of hydrogen-bond donors (Lipinski definition) is 2. The van der Waals surface area contributed by atoms with E-state index >= 15 is 0 Å². The number of pyridine rings is 1. The van der Waals surface area contributed by atoms with E-state index in [2.05, 4.69) is 25.2 Å². The summed E-state index contributed by atoms with van der Waals surface area (Å²) in [5.74, 6) is -0.107. The first-order valence-corrected chi connectivity index (χ1v) is 13.7. The third-order valence-corrected chi connectivity index (χ3v) is 7.15. The fourth-order valence-electron chi connectivity index (χ4n) is 4.91. The third kappa shape index (κ3) is 5.83. The van der Waals surface area contributed by atoms with Crippen molar-refractivity contribution in [1.29, 1.82) is 0 Å². The zero-order chi connectivity index (χ0) is 28.2. The Bertz CT molecular complexity index is 1850. The largest absolute Gasteiger partial charge is 0.352 e. The van der Waals surface area contributed by atoms with Gasteiger partial charge in [0.2, 0.25) is 5.82 Å². The quantitative estimate of drug-likeness (QED) is 0.206. The van der Waals surface area contributed by atoms with Gasteiger partial charge in [-0.2, -0.15) is 0 Å². The summed E-state index contributed by atoms with van der Waals surface area (Å²) in [5, 5.41) is 7.55. The maximum Gasteiger partial charge on any atom is 0.291 e. The predicted octanol–water partition coefficient (Wildman–Crippen LogP) is 6.16. The van der Waals surface area contributed by atoms with Crippen molar-refractivity contribution in [3.8, 4) is 0 Å². The van der Waals surface area contributed by atoms with E-state index < -0.39 is 0 Å². The second-order valence-corrected chi connectivity index (χ2v) is 10.2. The minimum absolute atomic E-state index is 0.128. The molecule has 2 amide bonds. The van der Waals surface area contributed by atoms with E-state index in [-0.39, 0.29) is 11.8 Å². The van der Waals surface area contributed by atoms with Crippen molar-refractivity contribution in [2.45, 2.75) is 19.5 Å². The first-order chi connectivity index (χ1) is 20.0. The maximum absolute atomic E-state index is 13.5. The van der Waals surface area contributed by atoms with Gasteiger partial charge in [0.05, 0.1) is 16.6 Å². The predicted molar refractivity (Wildman–Crippen MR) is 161 cm³/mol. The summed E-state index contributed by atoms with van der Waals surface area (Å²) in [6.07, 6.45) is 5.99. The summed E-state index contributed by atoms with van der Waals surface area (Å²) >= 11 is 6.28. The van der Waals surface area contributed by atoms with Crippen LogP contribution in [0.3, 0.4) is 0 Å². The Morgan fingerprint density at radius 3 is 2.59 bits per heavy atom. The number of benzene rings is 3. The number of fused-ring (bicyclic) bond motifs is 2. The third-order valence-electron chi connectivity index (χ3n) is 6.91. The van der Waals surface area contributed by atoms with Gasteiger partial charge in [-0.05, 0) is 66.6 Å². The van der Waals surface area contributed by atoms with Gasteiger partial charge in [0.15, 0.2) is 0 Å². The highest BCUT2D eigenvalue weighted by Gasteiger charge is 2.19. The van der Waals surface area contributed by atoms with Crippen LogP contribution in [0.5, 0.6) is 0 Å². The molecule has 0 saturated heterocycles. The van der Waals surface area contributed by atoms with E-state index in [9.17, 15) is 9.59 Å². The number of hydrogen-bond acceptors (Lipinski definition) is 4. The molecule has 0 radical (unpaired) electrons. The Kier molecular flexibility index (Phi) is 7.47. The average molecular weight is 563 g/mol. The lowest BCUT2D eigenvalue weighted by Crippen LogP contribution is -2.25. The second-order valence-electron chi connectivity index (χ2n) is 9.73. The molecule has 0 unspecified atom stereocenters. The number of anilines is 1. The van der Waals surface area contributed by atoms with Crippen molar-refractivity contribution < 1.29 is 9.59 Å². The van der Waals surface area contributed by atoms with Crippen LogP contribution in [0.2, 0.25) is 5.02 Å². The Morgan fingerprint density at radius 1 is 0.878 bits per heavy atom. The van der Waals surface area contributed by atoms with Crippen molar-refractivity contribution in [2.24, 2.45) is 0 Å². The Balaban J connectivity index is 1.15. The average Bonchev–Trinajstić information content (AvgIpc) is 3.57. The van der Waals surface area contributed by atoms with Gasteiger partial charge in [-0.25, -0.2) is 4.98 Å². The first-order valence-electron chi connectivity index (χ1n) is 13.3. The fraction of sp³-hybridized carbons (Fsp3) is 0.125. The molecular weight excluding hydrogens is 536 g/mol. The molecule has 0 atom stereocenters. The number of rotatable bonds is 9. The molecule has 3 heterocycles. The van der Waals surface area contributed by atoms with E-state index in [1.807, 2.05) is 77.5 Å². The Morgan fingerprint density at radius 2 is 1.76 bits per heavy atom. The lowest BCUT2D eigenvalue weighted by molar-refractivity contribution is 0.0951. The summed E-state index contributed by atoms with van der Waals surface area (Å²) in [6.45, 7) is 1.79. The van der Waals surface area contributed by atoms with Gasteiger partial charge < -0.3 is 19.8 Å². The van der Waals surface area contributed by atoms with Crippen LogP contribution in [-0.2, 0) is 13.1 Å². The van der Waals surface area contributed by atoms with Crippen molar-refractivity contribution in [3.05, 3.63) is 125 Å². The zero-order valence-electron chi connectivity index (χ0n) is 22.1. The second kappa shape index (κ2) is 11.7. The number of halogens is 1. The van der Waals surface area contributed by atoms with Crippen LogP contribution >= 0.6 is 11.6 Å². The van der Waals surface area contributed by atoms with Crippen LogP contribution in [-0.4, -0.2) is 37.5 Å². The lowest BCUT2D eigenvalue weighted by Gasteiger charge is -2.11. The number of nitrogens with one attached hydrogen (secondary N) is 2. The Hall–Kier alpha value is -4.95. The van der Waals surface area contributed by atoms with Gasteiger partial charge in [-0.3, -0.25) is 14.6 Å². The van der Waals surface area contributed by atoms with E-state index in [1.54, 1.807) is 30.6 Å². The molecule has 204 valence electrons. The van der Waals surface area contributed by atoms with Crippen LogP contribution in [0.25, 0.3) is 21.9 Å². The number of amides is 2. The van der Waals surface area contributed by atoms with E-state index in [1.165, 1.54) is 0 Å². The van der Waals surface area contributed by atoms with Gasteiger partial charge >= 0.3 is 0 Å². The monoisotopic (exact) mass is 562 g/mol. The minimum Gasteiger partial charge on any atom is -0.352 e. The smallest absolute Gasteiger partial charge is 0.291 e. The van der Waals surface area contributed by atoms with E-state index in [0.717, 1.165) is 34.9 Å². The summed E-state index contributed by atoms with van der Waals surface area (Å²) in [5.41, 5.74) is 4.84. The fourth-order valence-corrected chi connectivity index (χ4v) is 5.07. The lowest BCUT2D eigenvalue weighted by atomic mass is 10.2. The Labute approximate surface area is 241 Å². The normalized spacial score (nSPS) is 11.1.